The molecule has 0 amide bonds. The maximum atomic E-state index is 12.9. The van der Waals surface area contributed by atoms with Gasteiger partial charge in [0.1, 0.15) is 11.6 Å². The lowest BCUT2D eigenvalue weighted by Gasteiger charge is -2.17. The molecule has 1 unspecified atom stereocenters. The third-order valence-corrected chi connectivity index (χ3v) is 2.98. The van der Waals surface area contributed by atoms with Crippen LogP contribution in [0.3, 0.4) is 0 Å². The number of anilines is 1. The second-order valence-corrected chi connectivity index (χ2v) is 5.11. The molecule has 0 aliphatic rings. The van der Waals surface area contributed by atoms with Crippen molar-refractivity contribution in [2.75, 3.05) is 5.32 Å². The molecule has 0 radical (unpaired) electrons. The zero-order valence-electron chi connectivity index (χ0n) is 12.1. The van der Waals surface area contributed by atoms with Crippen LogP contribution in [0.1, 0.15) is 32.4 Å². The van der Waals surface area contributed by atoms with E-state index in [1.54, 1.807) is 12.1 Å². The molecule has 2 nitrogen and oxygen atoms in total. The summed E-state index contributed by atoms with van der Waals surface area (Å²) in [6.07, 6.45) is 0.176. The van der Waals surface area contributed by atoms with Gasteiger partial charge in [0.15, 0.2) is 0 Å². The van der Waals surface area contributed by atoms with Crippen LogP contribution in [0.4, 0.5) is 10.1 Å². The average molecular weight is 273 g/mol. The van der Waals surface area contributed by atoms with E-state index >= 15 is 0 Å². The Labute approximate surface area is 119 Å². The average Bonchev–Trinajstić information content (AvgIpc) is 2.41. The number of nitrogens with one attached hydrogen (secondary N) is 1. The van der Waals surface area contributed by atoms with E-state index in [0.29, 0.717) is 0 Å². The second kappa shape index (κ2) is 6.42. The normalized spacial score (nSPS) is 12.2. The van der Waals surface area contributed by atoms with Crippen LogP contribution in [0, 0.1) is 5.82 Å². The van der Waals surface area contributed by atoms with E-state index in [4.69, 9.17) is 4.74 Å². The zero-order valence-corrected chi connectivity index (χ0v) is 12.1. The molecule has 0 saturated heterocycles. The van der Waals surface area contributed by atoms with Gasteiger partial charge < -0.3 is 10.1 Å². The number of ether oxygens (including phenoxy) is 1. The first-order chi connectivity index (χ1) is 9.54. The first kappa shape index (κ1) is 14.4. The molecule has 20 heavy (non-hydrogen) atoms. The van der Waals surface area contributed by atoms with Crippen molar-refractivity contribution in [3.8, 4) is 5.75 Å². The summed E-state index contributed by atoms with van der Waals surface area (Å²) in [7, 11) is 0. The third-order valence-electron chi connectivity index (χ3n) is 2.98. The number of hydrogen-bond donors (Lipinski definition) is 1. The minimum Gasteiger partial charge on any atom is -0.491 e. The van der Waals surface area contributed by atoms with Crippen molar-refractivity contribution in [1.82, 2.24) is 0 Å². The Bertz CT molecular complexity index is 534. The fourth-order valence-corrected chi connectivity index (χ4v) is 1.99. The summed E-state index contributed by atoms with van der Waals surface area (Å²) in [5.41, 5.74) is 2.06. The van der Waals surface area contributed by atoms with Gasteiger partial charge in [0.25, 0.3) is 0 Å². The van der Waals surface area contributed by atoms with Crippen molar-refractivity contribution in [3.05, 3.63) is 59.9 Å². The van der Waals surface area contributed by atoms with Crippen LogP contribution in [0.5, 0.6) is 5.75 Å². The zero-order chi connectivity index (χ0) is 14.5. The lowest BCUT2D eigenvalue weighted by molar-refractivity contribution is 0.242. The van der Waals surface area contributed by atoms with Crippen LogP contribution in [0.25, 0.3) is 0 Å². The van der Waals surface area contributed by atoms with E-state index < -0.39 is 0 Å². The highest BCUT2D eigenvalue weighted by Gasteiger charge is 2.06. The molecular weight excluding hydrogens is 253 g/mol. The van der Waals surface area contributed by atoms with Crippen molar-refractivity contribution < 1.29 is 9.13 Å². The van der Waals surface area contributed by atoms with Crippen LogP contribution in [-0.2, 0) is 0 Å². The predicted octanol–water partition coefficient (Wildman–Crippen LogP) is 4.79. The number of rotatable bonds is 5. The molecule has 0 saturated carbocycles. The fourth-order valence-electron chi connectivity index (χ4n) is 1.99. The summed E-state index contributed by atoms with van der Waals surface area (Å²) in [5.74, 6) is 0.649. The van der Waals surface area contributed by atoms with E-state index in [-0.39, 0.29) is 18.0 Å². The molecule has 0 aliphatic carbocycles. The lowest BCUT2D eigenvalue weighted by Crippen LogP contribution is -2.08. The molecule has 2 rings (SSSR count). The lowest BCUT2D eigenvalue weighted by atomic mass is 10.1. The Morgan fingerprint density at radius 3 is 2.05 bits per heavy atom. The maximum absolute atomic E-state index is 12.9. The summed E-state index contributed by atoms with van der Waals surface area (Å²) < 4.78 is 18.5. The highest BCUT2D eigenvalue weighted by Crippen LogP contribution is 2.22. The van der Waals surface area contributed by atoms with Gasteiger partial charge in [-0.15, -0.1) is 0 Å². The molecule has 0 aliphatic heterocycles. The van der Waals surface area contributed by atoms with Crippen molar-refractivity contribution in [2.24, 2.45) is 0 Å². The third kappa shape index (κ3) is 3.98. The molecule has 2 aromatic rings. The smallest absolute Gasteiger partial charge is 0.123 e. The maximum Gasteiger partial charge on any atom is 0.123 e. The van der Waals surface area contributed by atoms with Gasteiger partial charge in [0.2, 0.25) is 0 Å². The van der Waals surface area contributed by atoms with Crippen molar-refractivity contribution in [3.63, 3.8) is 0 Å². The van der Waals surface area contributed by atoms with Crippen LogP contribution in [0.15, 0.2) is 48.5 Å². The van der Waals surface area contributed by atoms with Crippen LogP contribution >= 0.6 is 0 Å². The van der Waals surface area contributed by atoms with E-state index in [2.05, 4.69) is 12.2 Å². The molecule has 0 fully saturated rings. The van der Waals surface area contributed by atoms with Crippen LogP contribution < -0.4 is 10.1 Å². The Kier molecular flexibility index (Phi) is 4.61. The minimum absolute atomic E-state index is 0.147. The number of benzene rings is 2. The Morgan fingerprint density at radius 1 is 0.900 bits per heavy atom. The molecular formula is C17H20FNO. The van der Waals surface area contributed by atoms with Gasteiger partial charge in [-0.1, -0.05) is 12.1 Å². The van der Waals surface area contributed by atoms with Gasteiger partial charge in [-0.05, 0) is 62.7 Å². The first-order valence-corrected chi connectivity index (χ1v) is 6.83. The molecule has 0 aromatic heterocycles. The molecule has 106 valence electrons. The van der Waals surface area contributed by atoms with E-state index in [9.17, 15) is 4.39 Å². The SMILES string of the molecule is CC(C)Oc1ccc(C(C)Nc2ccc(F)cc2)cc1. The standard InChI is InChI=1S/C17H20FNO/c1-12(2)20-17-10-4-14(5-11-17)13(3)19-16-8-6-15(18)7-9-16/h4-13,19H,1-3H3. The summed E-state index contributed by atoms with van der Waals surface area (Å²) in [5, 5.41) is 3.34. The molecule has 0 bridgehead atoms. The number of hydrogen-bond acceptors (Lipinski definition) is 2. The monoisotopic (exact) mass is 273 g/mol. The first-order valence-electron chi connectivity index (χ1n) is 6.83. The van der Waals surface area contributed by atoms with E-state index in [0.717, 1.165) is 17.0 Å². The molecule has 0 heterocycles. The van der Waals surface area contributed by atoms with Gasteiger partial charge in [-0.25, -0.2) is 4.39 Å². The number of halogens is 1. The quantitative estimate of drug-likeness (QED) is 0.846. The largest absolute Gasteiger partial charge is 0.491 e. The molecule has 2 aromatic carbocycles. The summed E-state index contributed by atoms with van der Waals surface area (Å²) in [6, 6.07) is 14.6. The predicted molar refractivity (Wildman–Crippen MR) is 80.6 cm³/mol. The summed E-state index contributed by atoms with van der Waals surface area (Å²) >= 11 is 0. The van der Waals surface area contributed by atoms with Gasteiger partial charge >= 0.3 is 0 Å². The fraction of sp³-hybridized carbons (Fsp3) is 0.294. The molecule has 1 N–H and O–H groups in total. The van der Waals surface area contributed by atoms with Gasteiger partial charge in [0, 0.05) is 11.7 Å². The molecule has 0 spiro atoms. The topological polar surface area (TPSA) is 21.3 Å². The minimum atomic E-state index is -0.224. The molecule has 3 heteroatoms. The van der Waals surface area contributed by atoms with Crippen molar-refractivity contribution in [2.45, 2.75) is 32.9 Å². The Morgan fingerprint density at radius 2 is 1.50 bits per heavy atom. The van der Waals surface area contributed by atoms with Gasteiger partial charge in [-0.2, -0.15) is 0 Å². The van der Waals surface area contributed by atoms with Gasteiger partial charge in [0.05, 0.1) is 6.10 Å². The van der Waals surface area contributed by atoms with Crippen LogP contribution in [0.2, 0.25) is 0 Å². The van der Waals surface area contributed by atoms with Crippen LogP contribution in [-0.4, -0.2) is 6.10 Å². The van der Waals surface area contributed by atoms with Gasteiger partial charge in [-0.3, -0.25) is 0 Å². The van der Waals surface area contributed by atoms with Crippen molar-refractivity contribution >= 4 is 5.69 Å². The van der Waals surface area contributed by atoms with E-state index in [1.165, 1.54) is 12.1 Å². The Balaban J connectivity index is 2.01. The summed E-state index contributed by atoms with van der Waals surface area (Å²) in [4.78, 5) is 0. The highest BCUT2D eigenvalue weighted by atomic mass is 19.1. The second-order valence-electron chi connectivity index (χ2n) is 5.11. The van der Waals surface area contributed by atoms with Crippen molar-refractivity contribution in [1.29, 1.82) is 0 Å². The van der Waals surface area contributed by atoms with E-state index in [1.807, 2.05) is 38.1 Å². The Hall–Kier alpha value is -2.03. The highest BCUT2D eigenvalue weighted by molar-refractivity contribution is 5.45. The summed E-state index contributed by atoms with van der Waals surface area (Å²) in [6.45, 7) is 6.08. The molecule has 1 atom stereocenters.